The van der Waals surface area contributed by atoms with Crippen molar-refractivity contribution in [1.29, 1.82) is 0 Å². The Labute approximate surface area is 191 Å². The lowest BCUT2D eigenvalue weighted by molar-refractivity contribution is -0.121. The van der Waals surface area contributed by atoms with Crippen LogP contribution in [-0.4, -0.2) is 26.6 Å². The molecular weight excluding hydrogens is 416 g/mol. The van der Waals surface area contributed by atoms with Gasteiger partial charge in [0, 0.05) is 12.7 Å². The van der Waals surface area contributed by atoms with Crippen LogP contribution in [0.5, 0.6) is 0 Å². The standard InChI is InChI=1S/C26H26N4O3/c1-18-10-12-20(13-11-18)16-30-24-22(9-6-14-27-24)29(25(32)26(30)33)17-23(31)28-15-19(2)21-7-4-3-5-8-21/h3-14,19H,15-17H2,1-2H3,(H,28,31). The second kappa shape index (κ2) is 9.65. The minimum Gasteiger partial charge on any atom is -0.354 e. The van der Waals surface area contributed by atoms with E-state index in [2.05, 4.69) is 10.3 Å². The second-order valence-electron chi connectivity index (χ2n) is 8.23. The van der Waals surface area contributed by atoms with Crippen molar-refractivity contribution in [1.82, 2.24) is 19.4 Å². The first kappa shape index (κ1) is 22.2. The van der Waals surface area contributed by atoms with Gasteiger partial charge in [0.15, 0.2) is 5.65 Å². The third kappa shape index (κ3) is 4.92. The van der Waals surface area contributed by atoms with Gasteiger partial charge in [0.25, 0.3) is 0 Å². The summed E-state index contributed by atoms with van der Waals surface area (Å²) in [7, 11) is 0. The molecule has 2 aromatic heterocycles. The van der Waals surface area contributed by atoms with E-state index < -0.39 is 11.1 Å². The average molecular weight is 443 g/mol. The van der Waals surface area contributed by atoms with Crippen LogP contribution >= 0.6 is 0 Å². The summed E-state index contributed by atoms with van der Waals surface area (Å²) >= 11 is 0. The predicted molar refractivity (Wildman–Crippen MR) is 128 cm³/mol. The maximum Gasteiger partial charge on any atom is 0.318 e. The molecule has 7 nitrogen and oxygen atoms in total. The fourth-order valence-electron chi connectivity index (χ4n) is 3.79. The number of nitrogens with zero attached hydrogens (tertiary/aromatic N) is 3. The molecule has 0 aliphatic rings. The van der Waals surface area contributed by atoms with E-state index in [0.717, 1.165) is 16.7 Å². The van der Waals surface area contributed by atoms with Gasteiger partial charge < -0.3 is 5.32 Å². The zero-order valence-corrected chi connectivity index (χ0v) is 18.7. The molecule has 1 N–H and O–H groups in total. The number of rotatable bonds is 7. The molecule has 4 aromatic rings. The summed E-state index contributed by atoms with van der Waals surface area (Å²) < 4.78 is 2.58. The van der Waals surface area contributed by atoms with Crippen LogP contribution in [0.2, 0.25) is 0 Å². The summed E-state index contributed by atoms with van der Waals surface area (Å²) in [5.74, 6) is -0.214. The Hall–Kier alpha value is -4.00. The van der Waals surface area contributed by atoms with E-state index in [0.29, 0.717) is 17.7 Å². The quantitative estimate of drug-likeness (QED) is 0.446. The van der Waals surface area contributed by atoms with Crippen LogP contribution in [-0.2, 0) is 17.9 Å². The van der Waals surface area contributed by atoms with Gasteiger partial charge in [-0.2, -0.15) is 0 Å². The number of carbonyl (C=O) groups is 1. The van der Waals surface area contributed by atoms with E-state index in [9.17, 15) is 14.4 Å². The molecule has 0 bridgehead atoms. The molecule has 0 spiro atoms. The van der Waals surface area contributed by atoms with E-state index in [1.807, 2.05) is 68.4 Å². The lowest BCUT2D eigenvalue weighted by atomic mass is 10.0. The number of pyridine rings is 1. The van der Waals surface area contributed by atoms with Crippen molar-refractivity contribution >= 4 is 17.1 Å². The molecule has 0 saturated carbocycles. The number of aromatic nitrogens is 3. The zero-order chi connectivity index (χ0) is 23.4. The van der Waals surface area contributed by atoms with Crippen molar-refractivity contribution in [3.63, 3.8) is 0 Å². The van der Waals surface area contributed by atoms with Gasteiger partial charge in [0.1, 0.15) is 6.54 Å². The maximum absolute atomic E-state index is 13.0. The highest BCUT2D eigenvalue weighted by atomic mass is 16.2. The van der Waals surface area contributed by atoms with Crippen molar-refractivity contribution in [3.05, 3.63) is 110 Å². The van der Waals surface area contributed by atoms with Crippen molar-refractivity contribution in [2.24, 2.45) is 0 Å². The fraction of sp³-hybridized carbons (Fsp3) is 0.231. The first-order valence-corrected chi connectivity index (χ1v) is 10.9. The molecule has 33 heavy (non-hydrogen) atoms. The number of benzene rings is 2. The fourth-order valence-corrected chi connectivity index (χ4v) is 3.79. The normalized spacial score (nSPS) is 11.9. The van der Waals surface area contributed by atoms with Gasteiger partial charge in [0.05, 0.1) is 12.1 Å². The Morgan fingerprint density at radius 3 is 2.36 bits per heavy atom. The van der Waals surface area contributed by atoms with Crippen molar-refractivity contribution in [2.75, 3.05) is 6.54 Å². The molecule has 7 heteroatoms. The van der Waals surface area contributed by atoms with Gasteiger partial charge in [-0.15, -0.1) is 0 Å². The molecule has 0 aliphatic heterocycles. The summed E-state index contributed by atoms with van der Waals surface area (Å²) in [6.07, 6.45) is 1.57. The molecule has 1 amide bonds. The molecular formula is C26H26N4O3. The van der Waals surface area contributed by atoms with E-state index in [-0.39, 0.29) is 24.9 Å². The molecule has 0 fully saturated rings. The van der Waals surface area contributed by atoms with E-state index >= 15 is 0 Å². The molecule has 2 heterocycles. The zero-order valence-electron chi connectivity index (χ0n) is 18.7. The number of fused-ring (bicyclic) bond motifs is 1. The van der Waals surface area contributed by atoms with Crippen molar-refractivity contribution in [2.45, 2.75) is 32.9 Å². The van der Waals surface area contributed by atoms with Gasteiger partial charge in [0.2, 0.25) is 5.91 Å². The predicted octanol–water partition coefficient (Wildman–Crippen LogP) is 2.83. The van der Waals surface area contributed by atoms with Crippen LogP contribution in [0.25, 0.3) is 11.2 Å². The number of nitrogens with one attached hydrogen (secondary N) is 1. The Bertz CT molecular complexity index is 1390. The van der Waals surface area contributed by atoms with Crippen molar-refractivity contribution in [3.8, 4) is 0 Å². The summed E-state index contributed by atoms with van der Waals surface area (Å²) in [6.45, 7) is 4.41. The molecule has 1 atom stereocenters. The van der Waals surface area contributed by atoms with Crippen LogP contribution in [0.4, 0.5) is 0 Å². The number of aryl methyl sites for hydroxylation is 1. The number of hydrogen-bond donors (Lipinski definition) is 1. The van der Waals surface area contributed by atoms with Gasteiger partial charge in [-0.1, -0.05) is 67.1 Å². The Morgan fingerprint density at radius 2 is 1.64 bits per heavy atom. The monoisotopic (exact) mass is 442 g/mol. The third-order valence-corrected chi connectivity index (χ3v) is 5.72. The summed E-state index contributed by atoms with van der Waals surface area (Å²) in [4.78, 5) is 42.9. The van der Waals surface area contributed by atoms with Gasteiger partial charge in [-0.3, -0.25) is 23.5 Å². The topological polar surface area (TPSA) is 86.0 Å². The first-order valence-electron chi connectivity index (χ1n) is 10.9. The highest BCUT2D eigenvalue weighted by Crippen LogP contribution is 2.13. The van der Waals surface area contributed by atoms with Crippen LogP contribution in [0.15, 0.2) is 82.5 Å². The Balaban J connectivity index is 1.60. The molecule has 1 unspecified atom stereocenters. The number of carbonyl (C=O) groups excluding carboxylic acids is 1. The second-order valence-corrected chi connectivity index (χ2v) is 8.23. The van der Waals surface area contributed by atoms with Gasteiger partial charge >= 0.3 is 11.1 Å². The van der Waals surface area contributed by atoms with E-state index in [4.69, 9.17) is 0 Å². The van der Waals surface area contributed by atoms with Crippen molar-refractivity contribution < 1.29 is 4.79 Å². The SMILES string of the molecule is Cc1ccc(Cn2c(=O)c(=O)n(CC(=O)NCC(C)c3ccccc3)c3cccnc32)cc1. The Kier molecular flexibility index (Phi) is 6.49. The van der Waals surface area contributed by atoms with Crippen LogP contribution < -0.4 is 16.4 Å². The Morgan fingerprint density at radius 1 is 0.939 bits per heavy atom. The summed E-state index contributed by atoms with van der Waals surface area (Å²) in [5.41, 5.74) is 2.48. The molecule has 0 aliphatic carbocycles. The largest absolute Gasteiger partial charge is 0.354 e. The molecule has 168 valence electrons. The lowest BCUT2D eigenvalue weighted by Gasteiger charge is -2.16. The third-order valence-electron chi connectivity index (χ3n) is 5.72. The minimum absolute atomic E-state index is 0.118. The van der Waals surface area contributed by atoms with Crippen LogP contribution in [0, 0.1) is 6.92 Å². The number of amides is 1. The molecule has 2 aromatic carbocycles. The highest BCUT2D eigenvalue weighted by molar-refractivity contribution is 5.78. The van der Waals surface area contributed by atoms with Gasteiger partial charge in [-0.05, 0) is 36.1 Å². The van der Waals surface area contributed by atoms with Crippen LogP contribution in [0.1, 0.15) is 29.5 Å². The van der Waals surface area contributed by atoms with Crippen LogP contribution in [0.3, 0.4) is 0 Å². The van der Waals surface area contributed by atoms with E-state index in [1.165, 1.54) is 9.13 Å². The average Bonchev–Trinajstić information content (AvgIpc) is 2.84. The number of hydrogen-bond acceptors (Lipinski definition) is 4. The first-order chi connectivity index (χ1) is 15.9. The lowest BCUT2D eigenvalue weighted by Crippen LogP contribution is -2.44. The minimum atomic E-state index is -0.742. The summed E-state index contributed by atoms with van der Waals surface area (Å²) in [6, 6.07) is 21.0. The van der Waals surface area contributed by atoms with E-state index in [1.54, 1.807) is 18.3 Å². The molecule has 0 saturated heterocycles. The maximum atomic E-state index is 13.0. The highest BCUT2D eigenvalue weighted by Gasteiger charge is 2.17. The summed E-state index contributed by atoms with van der Waals surface area (Å²) in [5, 5.41) is 2.87. The molecule has 0 radical (unpaired) electrons. The molecule has 4 rings (SSSR count). The smallest absolute Gasteiger partial charge is 0.318 e. The van der Waals surface area contributed by atoms with Gasteiger partial charge in [-0.25, -0.2) is 4.98 Å².